The average Bonchev–Trinajstić information content (AvgIpc) is 2.69. The Bertz CT molecular complexity index is 421. The third-order valence-electron chi connectivity index (χ3n) is 2.27. The van der Waals surface area contributed by atoms with Gasteiger partial charge in [-0.1, -0.05) is 6.92 Å². The van der Waals surface area contributed by atoms with E-state index in [1.807, 2.05) is 0 Å². The SMILES string of the molecule is Cc1nsc(NC(=O)NCCCC(C)C(=O)O)n1. The fourth-order valence-corrected chi connectivity index (χ4v) is 1.79. The number of aromatic nitrogens is 2. The van der Waals surface area contributed by atoms with Gasteiger partial charge in [-0.15, -0.1) is 0 Å². The van der Waals surface area contributed by atoms with Crippen LogP contribution in [0.5, 0.6) is 0 Å². The lowest BCUT2D eigenvalue weighted by Crippen LogP contribution is -2.29. The Labute approximate surface area is 109 Å². The summed E-state index contributed by atoms with van der Waals surface area (Å²) in [5, 5.41) is 14.3. The van der Waals surface area contributed by atoms with Crippen molar-refractivity contribution in [3.63, 3.8) is 0 Å². The van der Waals surface area contributed by atoms with Crippen LogP contribution >= 0.6 is 11.5 Å². The van der Waals surface area contributed by atoms with E-state index in [1.165, 1.54) is 0 Å². The van der Waals surface area contributed by atoms with Crippen molar-refractivity contribution in [1.29, 1.82) is 0 Å². The van der Waals surface area contributed by atoms with Crippen LogP contribution in [0.3, 0.4) is 0 Å². The summed E-state index contributed by atoms with van der Waals surface area (Å²) in [6.45, 7) is 3.82. The highest BCUT2D eigenvalue weighted by Gasteiger charge is 2.10. The summed E-state index contributed by atoms with van der Waals surface area (Å²) in [6.07, 6.45) is 1.16. The van der Waals surface area contributed by atoms with Crippen molar-refractivity contribution in [3.05, 3.63) is 5.82 Å². The molecule has 1 aromatic rings. The Balaban J connectivity index is 2.16. The molecule has 1 rings (SSSR count). The molecule has 0 saturated carbocycles. The second kappa shape index (κ2) is 6.90. The number of carboxylic acids is 1. The fraction of sp³-hybridized carbons (Fsp3) is 0.600. The minimum absolute atomic E-state index is 0.353. The van der Waals surface area contributed by atoms with Crippen molar-refractivity contribution >= 4 is 28.7 Å². The molecule has 1 atom stereocenters. The topological polar surface area (TPSA) is 104 Å². The summed E-state index contributed by atoms with van der Waals surface area (Å²) in [5.74, 6) is -0.588. The van der Waals surface area contributed by atoms with E-state index in [9.17, 15) is 9.59 Å². The summed E-state index contributed by atoms with van der Waals surface area (Å²) in [5.41, 5.74) is 0. The van der Waals surface area contributed by atoms with Crippen LogP contribution in [-0.4, -0.2) is 33.0 Å². The number of carboxylic acid groups (broad SMARTS) is 1. The molecule has 3 N–H and O–H groups in total. The number of hydrogen-bond acceptors (Lipinski definition) is 5. The Morgan fingerprint density at radius 1 is 1.50 bits per heavy atom. The van der Waals surface area contributed by atoms with Crippen LogP contribution in [0.1, 0.15) is 25.6 Å². The van der Waals surface area contributed by atoms with Crippen molar-refractivity contribution in [2.45, 2.75) is 26.7 Å². The van der Waals surface area contributed by atoms with Gasteiger partial charge in [0.25, 0.3) is 0 Å². The Morgan fingerprint density at radius 2 is 2.22 bits per heavy atom. The predicted molar refractivity (Wildman–Crippen MR) is 67.7 cm³/mol. The minimum Gasteiger partial charge on any atom is -0.481 e. The third-order valence-corrected chi connectivity index (χ3v) is 2.99. The lowest BCUT2D eigenvalue weighted by atomic mass is 10.1. The van der Waals surface area contributed by atoms with Crippen molar-refractivity contribution < 1.29 is 14.7 Å². The molecule has 7 nitrogen and oxygen atoms in total. The zero-order valence-electron chi connectivity index (χ0n) is 10.3. The molecule has 0 saturated heterocycles. The van der Waals surface area contributed by atoms with E-state index >= 15 is 0 Å². The van der Waals surface area contributed by atoms with E-state index in [4.69, 9.17) is 5.11 Å². The molecule has 0 fully saturated rings. The maximum atomic E-state index is 11.4. The van der Waals surface area contributed by atoms with Crippen LogP contribution in [0, 0.1) is 12.8 Å². The highest BCUT2D eigenvalue weighted by Crippen LogP contribution is 2.09. The smallest absolute Gasteiger partial charge is 0.321 e. The Morgan fingerprint density at radius 3 is 2.78 bits per heavy atom. The second-order valence-corrected chi connectivity index (χ2v) is 4.66. The molecule has 0 bridgehead atoms. The highest BCUT2D eigenvalue weighted by atomic mass is 32.1. The summed E-state index contributed by atoms with van der Waals surface area (Å²) in [4.78, 5) is 25.9. The molecule has 18 heavy (non-hydrogen) atoms. The van der Waals surface area contributed by atoms with Crippen LogP contribution in [0.25, 0.3) is 0 Å². The van der Waals surface area contributed by atoms with Crippen LogP contribution in [-0.2, 0) is 4.79 Å². The molecular weight excluding hydrogens is 256 g/mol. The van der Waals surface area contributed by atoms with E-state index in [2.05, 4.69) is 20.0 Å². The molecule has 0 aromatic carbocycles. The zero-order chi connectivity index (χ0) is 13.5. The monoisotopic (exact) mass is 272 g/mol. The zero-order valence-corrected chi connectivity index (χ0v) is 11.1. The van der Waals surface area contributed by atoms with Gasteiger partial charge in [-0.25, -0.2) is 9.78 Å². The van der Waals surface area contributed by atoms with Gasteiger partial charge < -0.3 is 10.4 Å². The molecule has 1 heterocycles. The van der Waals surface area contributed by atoms with Crippen LogP contribution < -0.4 is 10.6 Å². The maximum Gasteiger partial charge on any atom is 0.321 e. The van der Waals surface area contributed by atoms with Gasteiger partial charge in [0.15, 0.2) is 0 Å². The van der Waals surface area contributed by atoms with E-state index < -0.39 is 5.97 Å². The van der Waals surface area contributed by atoms with Crippen molar-refractivity contribution in [3.8, 4) is 0 Å². The number of rotatable bonds is 6. The first-order valence-corrected chi connectivity index (χ1v) is 6.34. The standard InChI is InChI=1S/C10H16N4O3S/c1-6(8(15)16)4-3-5-11-9(17)13-10-12-7(2)14-18-10/h6H,3-5H2,1-2H3,(H,15,16)(H2,11,12,13,14,17). The van der Waals surface area contributed by atoms with Gasteiger partial charge in [-0.2, -0.15) is 4.37 Å². The number of aliphatic carboxylic acids is 1. The molecule has 8 heteroatoms. The molecule has 0 radical (unpaired) electrons. The number of urea groups is 1. The predicted octanol–water partition coefficient (Wildman–Crippen LogP) is 1.47. The van der Waals surface area contributed by atoms with Gasteiger partial charge in [0, 0.05) is 18.1 Å². The lowest BCUT2D eigenvalue weighted by Gasteiger charge is -2.07. The maximum absolute atomic E-state index is 11.4. The largest absolute Gasteiger partial charge is 0.481 e. The van der Waals surface area contributed by atoms with Crippen LogP contribution in [0.2, 0.25) is 0 Å². The normalized spacial score (nSPS) is 11.9. The quantitative estimate of drug-likeness (QED) is 0.680. The number of hydrogen-bond donors (Lipinski definition) is 3. The van der Waals surface area contributed by atoms with Gasteiger partial charge in [-0.3, -0.25) is 10.1 Å². The van der Waals surface area contributed by atoms with Crippen molar-refractivity contribution in [1.82, 2.24) is 14.7 Å². The van der Waals surface area contributed by atoms with Crippen molar-refractivity contribution in [2.75, 3.05) is 11.9 Å². The molecule has 100 valence electrons. The van der Waals surface area contributed by atoms with Gasteiger partial charge in [0.05, 0.1) is 5.92 Å². The minimum atomic E-state index is -0.816. The molecule has 0 aliphatic heterocycles. The van der Waals surface area contributed by atoms with E-state index in [0.717, 1.165) is 11.5 Å². The van der Waals surface area contributed by atoms with Crippen LogP contribution in [0.15, 0.2) is 0 Å². The third kappa shape index (κ3) is 5.09. The van der Waals surface area contributed by atoms with Crippen molar-refractivity contribution in [2.24, 2.45) is 5.92 Å². The number of amides is 2. The number of carbonyl (C=O) groups excluding carboxylic acids is 1. The van der Waals surface area contributed by atoms with Gasteiger partial charge in [0.1, 0.15) is 5.82 Å². The van der Waals surface area contributed by atoms with Gasteiger partial charge in [-0.05, 0) is 19.8 Å². The number of anilines is 1. The number of nitrogens with zero attached hydrogens (tertiary/aromatic N) is 2. The summed E-state index contributed by atoms with van der Waals surface area (Å²) >= 11 is 1.12. The van der Waals surface area contributed by atoms with Gasteiger partial charge >= 0.3 is 12.0 Å². The number of aryl methyl sites for hydroxylation is 1. The summed E-state index contributed by atoms with van der Waals surface area (Å²) < 4.78 is 3.93. The average molecular weight is 272 g/mol. The summed E-state index contributed by atoms with van der Waals surface area (Å²) in [6, 6.07) is -0.353. The van der Waals surface area contributed by atoms with E-state index in [-0.39, 0.29) is 11.9 Å². The first kappa shape index (κ1) is 14.4. The molecule has 1 unspecified atom stereocenters. The molecule has 1 aromatic heterocycles. The van der Waals surface area contributed by atoms with E-state index in [0.29, 0.717) is 30.3 Å². The highest BCUT2D eigenvalue weighted by molar-refractivity contribution is 7.09. The lowest BCUT2D eigenvalue weighted by molar-refractivity contribution is -0.141. The Kier molecular flexibility index (Phi) is 5.50. The molecular formula is C10H16N4O3S. The Hall–Kier alpha value is -1.70. The molecule has 2 amide bonds. The fourth-order valence-electron chi connectivity index (χ4n) is 1.22. The number of carbonyl (C=O) groups is 2. The number of nitrogens with one attached hydrogen (secondary N) is 2. The molecule has 0 spiro atoms. The molecule has 0 aliphatic carbocycles. The first-order chi connectivity index (χ1) is 8.49. The first-order valence-electron chi connectivity index (χ1n) is 5.57. The van der Waals surface area contributed by atoms with Crippen LogP contribution in [0.4, 0.5) is 9.93 Å². The second-order valence-electron chi connectivity index (χ2n) is 3.91. The summed E-state index contributed by atoms with van der Waals surface area (Å²) in [7, 11) is 0. The molecule has 0 aliphatic rings. The van der Waals surface area contributed by atoms with Gasteiger partial charge in [0.2, 0.25) is 5.13 Å². The van der Waals surface area contributed by atoms with E-state index in [1.54, 1.807) is 13.8 Å².